The molecule has 1 atom stereocenters. The second-order valence-corrected chi connectivity index (χ2v) is 7.27. The summed E-state index contributed by atoms with van der Waals surface area (Å²) in [7, 11) is 2.10. The molecule has 25 heavy (non-hydrogen) atoms. The Morgan fingerprint density at radius 3 is 2.60 bits per heavy atom. The summed E-state index contributed by atoms with van der Waals surface area (Å²) in [6.07, 6.45) is 1.04. The number of piperazine rings is 1. The largest absolute Gasteiger partial charge is 0.333 e. The maximum absolute atomic E-state index is 12.9. The molecule has 3 nitrogen and oxygen atoms in total. The van der Waals surface area contributed by atoms with Gasteiger partial charge in [-0.15, -0.1) is 0 Å². The van der Waals surface area contributed by atoms with Gasteiger partial charge in [0, 0.05) is 26.1 Å². The molecule has 0 aromatic heterocycles. The SMILES string of the molecule is CN1CCN(C(=O)CCc2cccc(Cl)c2Cl)C(c2ccccc2)C1. The maximum Gasteiger partial charge on any atom is 0.223 e. The molecule has 1 unspecified atom stereocenters. The molecule has 132 valence electrons. The van der Waals surface area contributed by atoms with Gasteiger partial charge in [0.2, 0.25) is 5.91 Å². The van der Waals surface area contributed by atoms with Crippen LogP contribution in [0.25, 0.3) is 0 Å². The Labute approximate surface area is 159 Å². The third kappa shape index (κ3) is 4.35. The van der Waals surface area contributed by atoms with Gasteiger partial charge in [-0.05, 0) is 30.7 Å². The van der Waals surface area contributed by atoms with Crippen LogP contribution in [0.1, 0.15) is 23.6 Å². The molecule has 1 heterocycles. The molecule has 1 aliphatic rings. The van der Waals surface area contributed by atoms with Gasteiger partial charge >= 0.3 is 0 Å². The van der Waals surface area contributed by atoms with Crippen molar-refractivity contribution in [3.63, 3.8) is 0 Å². The van der Waals surface area contributed by atoms with Crippen LogP contribution in [0.5, 0.6) is 0 Å². The number of hydrogen-bond donors (Lipinski definition) is 0. The minimum atomic E-state index is 0.0993. The van der Waals surface area contributed by atoms with Gasteiger partial charge in [0.15, 0.2) is 0 Å². The summed E-state index contributed by atoms with van der Waals surface area (Å²) in [4.78, 5) is 17.2. The first-order valence-corrected chi connectivity index (χ1v) is 9.27. The highest BCUT2D eigenvalue weighted by atomic mass is 35.5. The van der Waals surface area contributed by atoms with Crippen LogP contribution in [-0.4, -0.2) is 42.4 Å². The molecule has 1 saturated heterocycles. The van der Waals surface area contributed by atoms with Gasteiger partial charge in [0.25, 0.3) is 0 Å². The Morgan fingerprint density at radius 1 is 1.08 bits per heavy atom. The number of benzene rings is 2. The zero-order valence-electron chi connectivity index (χ0n) is 14.3. The van der Waals surface area contributed by atoms with E-state index >= 15 is 0 Å². The first-order valence-electron chi connectivity index (χ1n) is 8.52. The molecule has 3 rings (SSSR count). The first kappa shape index (κ1) is 18.2. The Kier molecular flexibility index (Phi) is 6.00. The Morgan fingerprint density at radius 2 is 1.84 bits per heavy atom. The lowest BCUT2D eigenvalue weighted by molar-refractivity contribution is -0.136. The van der Waals surface area contributed by atoms with Crippen molar-refractivity contribution < 1.29 is 4.79 Å². The molecular formula is C20H22Cl2N2O. The lowest BCUT2D eigenvalue weighted by Gasteiger charge is -2.40. The lowest BCUT2D eigenvalue weighted by Crippen LogP contribution is -2.49. The minimum Gasteiger partial charge on any atom is -0.333 e. The standard InChI is InChI=1S/C20H22Cl2N2O/c1-23-12-13-24(18(14-23)15-6-3-2-4-7-15)19(25)11-10-16-8-5-9-17(21)20(16)22/h2-9,18H,10-14H2,1H3. The predicted molar refractivity (Wildman–Crippen MR) is 103 cm³/mol. The zero-order chi connectivity index (χ0) is 17.8. The van der Waals surface area contributed by atoms with Gasteiger partial charge < -0.3 is 9.80 Å². The maximum atomic E-state index is 12.9. The fraction of sp³-hybridized carbons (Fsp3) is 0.350. The number of nitrogens with zero attached hydrogens (tertiary/aromatic N) is 2. The van der Waals surface area contributed by atoms with Gasteiger partial charge in [-0.2, -0.15) is 0 Å². The normalized spacial score (nSPS) is 18.4. The average Bonchev–Trinajstić information content (AvgIpc) is 2.63. The molecule has 1 amide bonds. The van der Waals surface area contributed by atoms with Crippen molar-refractivity contribution in [2.45, 2.75) is 18.9 Å². The topological polar surface area (TPSA) is 23.6 Å². The van der Waals surface area contributed by atoms with Crippen molar-refractivity contribution in [1.82, 2.24) is 9.80 Å². The second kappa shape index (κ2) is 8.22. The van der Waals surface area contributed by atoms with Gasteiger partial charge in [0.05, 0.1) is 16.1 Å². The summed E-state index contributed by atoms with van der Waals surface area (Å²) in [6.45, 7) is 2.50. The number of amides is 1. The van der Waals surface area contributed by atoms with E-state index in [0.717, 1.165) is 25.2 Å². The summed E-state index contributed by atoms with van der Waals surface area (Å²) in [6, 6.07) is 15.9. The zero-order valence-corrected chi connectivity index (χ0v) is 15.8. The van der Waals surface area contributed by atoms with Crippen LogP contribution in [0.3, 0.4) is 0 Å². The number of hydrogen-bond acceptors (Lipinski definition) is 2. The van der Waals surface area contributed by atoms with Crippen LogP contribution in [0.15, 0.2) is 48.5 Å². The van der Waals surface area contributed by atoms with E-state index in [1.165, 1.54) is 5.56 Å². The second-order valence-electron chi connectivity index (χ2n) is 6.49. The smallest absolute Gasteiger partial charge is 0.223 e. The molecule has 1 aliphatic heterocycles. The first-order chi connectivity index (χ1) is 12.1. The van der Waals surface area contributed by atoms with Crippen molar-refractivity contribution in [2.24, 2.45) is 0 Å². The van der Waals surface area contributed by atoms with Crippen molar-refractivity contribution in [2.75, 3.05) is 26.7 Å². The van der Waals surface area contributed by atoms with Crippen molar-refractivity contribution in [1.29, 1.82) is 0 Å². The van der Waals surface area contributed by atoms with Crippen molar-refractivity contribution >= 4 is 29.1 Å². The van der Waals surface area contributed by atoms with Crippen LogP contribution in [0, 0.1) is 0 Å². The molecule has 0 N–H and O–H groups in total. The van der Waals surface area contributed by atoms with Crippen LogP contribution in [0.4, 0.5) is 0 Å². The van der Waals surface area contributed by atoms with E-state index in [2.05, 4.69) is 24.1 Å². The summed E-state index contributed by atoms with van der Waals surface area (Å²) < 4.78 is 0. The molecule has 2 aromatic rings. The van der Waals surface area contributed by atoms with E-state index in [9.17, 15) is 4.79 Å². The summed E-state index contributed by atoms with van der Waals surface area (Å²) in [5, 5.41) is 1.09. The van der Waals surface area contributed by atoms with Gasteiger partial charge in [-0.25, -0.2) is 0 Å². The van der Waals surface area contributed by atoms with E-state index in [4.69, 9.17) is 23.2 Å². The molecule has 0 bridgehead atoms. The third-order valence-electron chi connectivity index (χ3n) is 4.73. The van der Waals surface area contributed by atoms with E-state index in [-0.39, 0.29) is 11.9 Å². The Balaban J connectivity index is 1.72. The number of carbonyl (C=O) groups excluding carboxylic acids is 1. The molecule has 0 saturated carbocycles. The van der Waals surface area contributed by atoms with Crippen molar-refractivity contribution in [3.8, 4) is 0 Å². The predicted octanol–water partition coefficient (Wildman–Crippen LogP) is 4.44. The molecular weight excluding hydrogens is 355 g/mol. The molecule has 0 spiro atoms. The number of rotatable bonds is 4. The van der Waals surface area contributed by atoms with E-state index < -0.39 is 0 Å². The summed E-state index contributed by atoms with van der Waals surface area (Å²) >= 11 is 12.3. The van der Waals surface area contributed by atoms with Crippen LogP contribution >= 0.6 is 23.2 Å². The van der Waals surface area contributed by atoms with Gasteiger partial charge in [0.1, 0.15) is 0 Å². The van der Waals surface area contributed by atoms with Crippen LogP contribution in [-0.2, 0) is 11.2 Å². The Bertz CT molecular complexity index is 736. The van der Waals surface area contributed by atoms with Gasteiger partial charge in [-0.3, -0.25) is 4.79 Å². The average molecular weight is 377 g/mol. The quantitative estimate of drug-likeness (QED) is 0.787. The highest BCUT2D eigenvalue weighted by molar-refractivity contribution is 6.42. The third-order valence-corrected chi connectivity index (χ3v) is 5.59. The van der Waals surface area contributed by atoms with Crippen LogP contribution in [0.2, 0.25) is 10.0 Å². The number of likely N-dealkylation sites (N-methyl/N-ethyl adjacent to an activating group) is 1. The van der Waals surface area contributed by atoms with Crippen LogP contribution < -0.4 is 0 Å². The van der Waals surface area contributed by atoms with Crippen molar-refractivity contribution in [3.05, 3.63) is 69.7 Å². The van der Waals surface area contributed by atoms with E-state index in [1.807, 2.05) is 35.2 Å². The van der Waals surface area contributed by atoms with E-state index in [0.29, 0.717) is 22.9 Å². The summed E-state index contributed by atoms with van der Waals surface area (Å²) in [5.41, 5.74) is 2.11. The highest BCUT2D eigenvalue weighted by Crippen LogP contribution is 2.28. The molecule has 0 radical (unpaired) electrons. The molecule has 5 heteroatoms. The van der Waals surface area contributed by atoms with E-state index in [1.54, 1.807) is 6.07 Å². The number of carbonyl (C=O) groups is 1. The monoisotopic (exact) mass is 376 g/mol. The lowest BCUT2D eigenvalue weighted by atomic mass is 10.0. The molecule has 0 aliphatic carbocycles. The molecule has 1 fully saturated rings. The molecule has 2 aromatic carbocycles. The number of halogens is 2. The van der Waals surface area contributed by atoms with Gasteiger partial charge in [-0.1, -0.05) is 65.7 Å². The Hall–Kier alpha value is -1.55. The number of aryl methyl sites for hydroxylation is 1. The highest BCUT2D eigenvalue weighted by Gasteiger charge is 2.29. The fourth-order valence-electron chi connectivity index (χ4n) is 3.31. The minimum absolute atomic E-state index is 0.0993. The summed E-state index contributed by atoms with van der Waals surface area (Å²) in [5.74, 6) is 0.165. The fourth-order valence-corrected chi connectivity index (χ4v) is 3.72.